The van der Waals surface area contributed by atoms with Gasteiger partial charge in [0, 0.05) is 33.2 Å². The van der Waals surface area contributed by atoms with Crippen molar-refractivity contribution in [3.05, 3.63) is 162 Å². The largest absolute Gasteiger partial charge is 0.354 e. The van der Waals surface area contributed by atoms with Crippen LogP contribution in [0.3, 0.4) is 0 Å². The second kappa shape index (κ2) is 10.4. The number of aryl methyl sites for hydroxylation is 4. The molecule has 0 atom stereocenters. The molecule has 2 aromatic carbocycles. The average Bonchev–Trinajstić information content (AvgIpc) is 3.79. The van der Waals surface area contributed by atoms with Crippen molar-refractivity contribution in [2.75, 3.05) is 0 Å². The number of H-pyrrole nitrogens is 4. The van der Waals surface area contributed by atoms with E-state index in [4.69, 9.17) is 0 Å². The topological polar surface area (TPSA) is 63.2 Å². The molecule has 0 spiro atoms. The summed E-state index contributed by atoms with van der Waals surface area (Å²) in [7, 11) is 0. The van der Waals surface area contributed by atoms with Crippen LogP contribution in [0.4, 0.5) is 0 Å². The maximum atomic E-state index is 3.93. The van der Waals surface area contributed by atoms with E-state index in [1.54, 1.807) is 0 Å². The number of aromatic nitrogens is 4. The number of fused-ring (bicyclic) bond motifs is 8. The highest BCUT2D eigenvalue weighted by Crippen LogP contribution is 2.30. The molecule has 1 aliphatic heterocycles. The van der Waals surface area contributed by atoms with Crippen LogP contribution in [-0.4, -0.2) is 19.9 Å². The third-order valence-corrected chi connectivity index (χ3v) is 9.94. The van der Waals surface area contributed by atoms with Gasteiger partial charge in [-0.25, -0.2) is 0 Å². The van der Waals surface area contributed by atoms with E-state index in [0.717, 1.165) is 64.3 Å². The van der Waals surface area contributed by atoms with E-state index in [1.807, 2.05) is 0 Å². The van der Waals surface area contributed by atoms with Crippen molar-refractivity contribution in [2.24, 2.45) is 0 Å². The molecule has 42 heavy (non-hydrogen) atoms. The summed E-state index contributed by atoms with van der Waals surface area (Å²) in [4.78, 5) is 14.9. The molecule has 208 valence electrons. The molecule has 4 nitrogen and oxygen atoms in total. The number of nitrogens with one attached hydrogen (secondary N) is 4. The minimum Gasteiger partial charge on any atom is -0.354 e. The first-order valence-corrected chi connectivity index (χ1v) is 15.6. The van der Waals surface area contributed by atoms with Crippen molar-refractivity contribution >= 4 is 52.0 Å². The summed E-state index contributed by atoms with van der Waals surface area (Å²) in [6.07, 6.45) is 0. The fourth-order valence-electron chi connectivity index (χ4n) is 6.21. The highest BCUT2D eigenvalue weighted by atomic mass is 79.9. The Morgan fingerprint density at radius 2 is 0.714 bits per heavy atom. The number of halogens is 2. The molecular formula is C36H30Br2N4. The molecule has 0 aliphatic carbocycles. The van der Waals surface area contributed by atoms with E-state index in [0.29, 0.717) is 0 Å². The van der Waals surface area contributed by atoms with Crippen LogP contribution in [-0.2, 0) is 0 Å². The van der Waals surface area contributed by atoms with Crippen LogP contribution < -0.4 is 21.4 Å². The first-order valence-electron chi connectivity index (χ1n) is 14.0. The van der Waals surface area contributed by atoms with E-state index >= 15 is 0 Å². The van der Waals surface area contributed by atoms with E-state index < -0.39 is 0 Å². The van der Waals surface area contributed by atoms with E-state index in [2.05, 4.69) is 164 Å². The quantitative estimate of drug-likeness (QED) is 0.170. The predicted octanol–water partition coefficient (Wildman–Crippen LogP) is 6.14. The van der Waals surface area contributed by atoms with Gasteiger partial charge in [-0.3, -0.25) is 0 Å². The zero-order valence-electron chi connectivity index (χ0n) is 23.8. The normalized spacial score (nSPS) is 13.3. The van der Waals surface area contributed by atoms with Gasteiger partial charge >= 0.3 is 0 Å². The summed E-state index contributed by atoms with van der Waals surface area (Å²) in [6.45, 7) is 8.71. The summed E-state index contributed by atoms with van der Waals surface area (Å²) in [5, 5.41) is 4.11. The van der Waals surface area contributed by atoms with Gasteiger partial charge in [-0.05, 0) is 141 Å². The summed E-state index contributed by atoms with van der Waals surface area (Å²) in [5.41, 5.74) is 13.8. The molecule has 7 rings (SSSR count). The molecule has 5 heterocycles. The lowest BCUT2D eigenvalue weighted by Gasteiger charge is -2.13. The van der Waals surface area contributed by atoms with E-state index in [1.165, 1.54) is 33.4 Å². The van der Waals surface area contributed by atoms with Gasteiger partial charge in [-0.1, -0.05) is 36.4 Å². The number of aromatic amines is 4. The summed E-state index contributed by atoms with van der Waals surface area (Å²) in [5.74, 6) is 0. The number of rotatable bonds is 2. The van der Waals surface area contributed by atoms with Crippen molar-refractivity contribution in [1.29, 1.82) is 0 Å². The highest BCUT2D eigenvalue weighted by Gasteiger charge is 2.18. The van der Waals surface area contributed by atoms with E-state index in [9.17, 15) is 0 Å². The molecule has 0 unspecified atom stereocenters. The van der Waals surface area contributed by atoms with Crippen LogP contribution in [0.25, 0.3) is 20.1 Å². The van der Waals surface area contributed by atoms with Crippen molar-refractivity contribution < 1.29 is 0 Å². The van der Waals surface area contributed by atoms with Crippen LogP contribution in [0, 0.1) is 27.7 Å². The minimum atomic E-state index is 0.976. The Hall–Kier alpha value is -4.00. The fraction of sp³-hybridized carbons (Fsp3) is 0.111. The van der Waals surface area contributed by atoms with Crippen LogP contribution in [0.5, 0.6) is 0 Å². The molecule has 8 bridgehead atoms. The first-order chi connectivity index (χ1) is 20.3. The molecule has 0 amide bonds. The molecule has 4 N–H and O–H groups in total. The molecule has 4 aromatic heterocycles. The Kier molecular flexibility index (Phi) is 6.63. The SMILES string of the molecule is Cc1cccc(C)c1C1=c2ccc([nH]2)=C(Br)c2ccc([nH]2)C(c2c(C)cccc2C)=c2ccc([nH]2)=C(Br)c2ccc1[nH]2. The lowest BCUT2D eigenvalue weighted by molar-refractivity contribution is 1.19. The number of hydrogen-bond donors (Lipinski definition) is 4. The standard InChI is InChI=1S/C36H30Br2N4/c1-19-7-5-8-20(2)31(19)33-23-11-15-27(39-23)35(37)29-17-13-25(41-29)34(32-21(3)9-6-10-22(32)4)26-14-18-30(42-26)36(38)28-16-12-24(33)40-28/h5-18,39-42H,1-4H3. The molecule has 0 saturated carbocycles. The van der Waals surface area contributed by atoms with Crippen LogP contribution in [0.2, 0.25) is 0 Å². The summed E-state index contributed by atoms with van der Waals surface area (Å²) >= 11 is 7.85. The van der Waals surface area contributed by atoms with Gasteiger partial charge in [0.05, 0.1) is 31.1 Å². The Morgan fingerprint density at radius 1 is 0.381 bits per heavy atom. The van der Waals surface area contributed by atoms with Crippen molar-refractivity contribution in [3.8, 4) is 0 Å². The van der Waals surface area contributed by atoms with Gasteiger partial charge in [-0.2, -0.15) is 0 Å². The van der Waals surface area contributed by atoms with Gasteiger partial charge in [0.25, 0.3) is 0 Å². The molecule has 6 aromatic rings. The first kappa shape index (κ1) is 26.9. The van der Waals surface area contributed by atoms with Gasteiger partial charge in [-0.15, -0.1) is 0 Å². The Balaban J connectivity index is 1.61. The molecule has 0 fully saturated rings. The Bertz CT molecular complexity index is 2070. The lowest BCUT2D eigenvalue weighted by atomic mass is 9.93. The van der Waals surface area contributed by atoms with Crippen molar-refractivity contribution in [1.82, 2.24) is 19.9 Å². The zero-order valence-corrected chi connectivity index (χ0v) is 27.0. The second-order valence-electron chi connectivity index (χ2n) is 11.1. The Morgan fingerprint density at radius 3 is 1.10 bits per heavy atom. The van der Waals surface area contributed by atoms with Gasteiger partial charge in [0.15, 0.2) is 0 Å². The molecule has 0 radical (unpaired) electrons. The smallest absolute Gasteiger partial charge is 0.0645 e. The summed E-state index contributed by atoms with van der Waals surface area (Å²) in [6, 6.07) is 30.2. The van der Waals surface area contributed by atoms with Crippen LogP contribution in [0.1, 0.15) is 56.2 Å². The van der Waals surface area contributed by atoms with E-state index in [-0.39, 0.29) is 0 Å². The molecular weight excluding hydrogens is 648 g/mol. The van der Waals surface area contributed by atoms with Crippen LogP contribution in [0.15, 0.2) is 84.9 Å². The molecule has 0 saturated heterocycles. The number of hydrogen-bond acceptors (Lipinski definition) is 0. The van der Waals surface area contributed by atoms with Gasteiger partial charge in [0.2, 0.25) is 0 Å². The van der Waals surface area contributed by atoms with Crippen molar-refractivity contribution in [3.63, 3.8) is 0 Å². The van der Waals surface area contributed by atoms with Gasteiger partial charge < -0.3 is 19.9 Å². The highest BCUT2D eigenvalue weighted by molar-refractivity contribution is 9.15. The fourth-order valence-corrected chi connectivity index (χ4v) is 7.14. The minimum absolute atomic E-state index is 0.976. The summed E-state index contributed by atoms with van der Waals surface area (Å²) < 4.78 is 1.95. The lowest BCUT2D eigenvalue weighted by Crippen LogP contribution is -2.18. The predicted molar refractivity (Wildman–Crippen MR) is 180 cm³/mol. The zero-order chi connectivity index (χ0) is 29.1. The molecule has 1 aliphatic rings. The Labute approximate surface area is 260 Å². The van der Waals surface area contributed by atoms with Gasteiger partial charge in [0.1, 0.15) is 0 Å². The third-order valence-electron chi connectivity index (χ3n) is 8.23. The maximum absolute atomic E-state index is 3.93. The monoisotopic (exact) mass is 676 g/mol. The maximum Gasteiger partial charge on any atom is 0.0645 e. The second-order valence-corrected chi connectivity index (χ2v) is 12.6. The average molecular weight is 678 g/mol. The third kappa shape index (κ3) is 4.41. The number of benzene rings is 2. The van der Waals surface area contributed by atoms with Crippen LogP contribution >= 0.6 is 31.9 Å². The van der Waals surface area contributed by atoms with Crippen molar-refractivity contribution in [2.45, 2.75) is 27.7 Å². The molecule has 6 heteroatoms.